The molecule has 3 rings (SSSR count). The molecule has 0 fully saturated rings. The highest BCUT2D eigenvalue weighted by atomic mass is 35.5. The molecular weight excluding hydrogens is 304 g/mol. The number of benzene rings is 1. The molecule has 0 aliphatic rings. The molecule has 0 bridgehead atoms. The summed E-state index contributed by atoms with van der Waals surface area (Å²) in [4.78, 5) is 20.3. The first-order valence-electron chi connectivity index (χ1n) is 6.76. The highest BCUT2D eigenvalue weighted by Crippen LogP contribution is 2.32. The zero-order valence-corrected chi connectivity index (χ0v) is 12.8. The second-order valence-corrected chi connectivity index (χ2v) is 5.34. The number of fused-ring (bicyclic) bond motifs is 1. The van der Waals surface area contributed by atoms with Crippen LogP contribution < -0.4 is 0 Å². The van der Waals surface area contributed by atoms with Gasteiger partial charge in [-0.2, -0.15) is 0 Å². The SMILES string of the molecule is CC(C)OC(=O)c1cnc(Cl)nc1-c1coc2ccccc12. The van der Waals surface area contributed by atoms with Gasteiger partial charge in [-0.15, -0.1) is 0 Å². The first-order valence-corrected chi connectivity index (χ1v) is 7.14. The van der Waals surface area contributed by atoms with E-state index in [2.05, 4.69) is 9.97 Å². The number of carbonyl (C=O) groups is 1. The first kappa shape index (κ1) is 14.5. The molecule has 0 amide bonds. The number of para-hydroxylation sites is 1. The summed E-state index contributed by atoms with van der Waals surface area (Å²) in [5.74, 6) is -0.494. The fourth-order valence-corrected chi connectivity index (χ4v) is 2.29. The van der Waals surface area contributed by atoms with Crippen LogP contribution in [0.2, 0.25) is 5.28 Å². The van der Waals surface area contributed by atoms with E-state index in [-0.39, 0.29) is 17.0 Å². The minimum atomic E-state index is -0.494. The van der Waals surface area contributed by atoms with Gasteiger partial charge in [0.25, 0.3) is 0 Å². The van der Waals surface area contributed by atoms with E-state index in [4.69, 9.17) is 20.8 Å². The highest BCUT2D eigenvalue weighted by molar-refractivity contribution is 6.28. The van der Waals surface area contributed by atoms with Crippen LogP contribution in [0.3, 0.4) is 0 Å². The Hall–Kier alpha value is -2.40. The average Bonchev–Trinajstić information content (AvgIpc) is 2.90. The maximum absolute atomic E-state index is 12.2. The summed E-state index contributed by atoms with van der Waals surface area (Å²) in [7, 11) is 0. The van der Waals surface area contributed by atoms with Crippen molar-refractivity contribution in [3.05, 3.63) is 47.6 Å². The lowest BCUT2D eigenvalue weighted by Crippen LogP contribution is -2.13. The topological polar surface area (TPSA) is 65.2 Å². The summed E-state index contributed by atoms with van der Waals surface area (Å²) in [5, 5.41) is 0.900. The summed E-state index contributed by atoms with van der Waals surface area (Å²) < 4.78 is 10.7. The van der Waals surface area contributed by atoms with Crippen molar-refractivity contribution in [1.29, 1.82) is 0 Å². The zero-order chi connectivity index (χ0) is 15.7. The number of aromatic nitrogens is 2. The Morgan fingerprint density at radius 3 is 2.86 bits per heavy atom. The Morgan fingerprint density at radius 2 is 2.09 bits per heavy atom. The number of hydrogen-bond donors (Lipinski definition) is 0. The molecule has 1 aromatic carbocycles. The van der Waals surface area contributed by atoms with Crippen LogP contribution in [0.25, 0.3) is 22.2 Å². The van der Waals surface area contributed by atoms with E-state index in [0.717, 1.165) is 5.39 Å². The van der Waals surface area contributed by atoms with Crippen LogP contribution in [0, 0.1) is 0 Å². The monoisotopic (exact) mass is 316 g/mol. The van der Waals surface area contributed by atoms with Gasteiger partial charge in [0, 0.05) is 17.1 Å². The van der Waals surface area contributed by atoms with Gasteiger partial charge in [-0.05, 0) is 31.5 Å². The van der Waals surface area contributed by atoms with E-state index >= 15 is 0 Å². The Kier molecular flexibility index (Phi) is 3.81. The van der Waals surface area contributed by atoms with Crippen LogP contribution in [0.15, 0.2) is 41.1 Å². The fourth-order valence-electron chi connectivity index (χ4n) is 2.15. The lowest BCUT2D eigenvalue weighted by molar-refractivity contribution is 0.0378. The summed E-state index contributed by atoms with van der Waals surface area (Å²) in [5.41, 5.74) is 2.03. The van der Waals surface area contributed by atoms with E-state index in [1.807, 2.05) is 24.3 Å². The quantitative estimate of drug-likeness (QED) is 0.537. The third-order valence-corrected chi connectivity index (χ3v) is 3.24. The van der Waals surface area contributed by atoms with Crippen molar-refractivity contribution < 1.29 is 13.9 Å². The second kappa shape index (κ2) is 5.77. The fraction of sp³-hybridized carbons (Fsp3) is 0.188. The minimum Gasteiger partial charge on any atom is -0.464 e. The predicted octanol–water partition coefficient (Wildman–Crippen LogP) is 4.11. The predicted molar refractivity (Wildman–Crippen MR) is 82.8 cm³/mol. The third-order valence-electron chi connectivity index (χ3n) is 3.06. The van der Waals surface area contributed by atoms with Gasteiger partial charge < -0.3 is 9.15 Å². The smallest absolute Gasteiger partial charge is 0.342 e. The van der Waals surface area contributed by atoms with Crippen LogP contribution in [0.4, 0.5) is 0 Å². The van der Waals surface area contributed by atoms with Gasteiger partial charge >= 0.3 is 5.97 Å². The molecule has 0 aliphatic carbocycles. The molecule has 0 saturated carbocycles. The molecule has 2 heterocycles. The van der Waals surface area contributed by atoms with Gasteiger partial charge in [-0.3, -0.25) is 0 Å². The lowest BCUT2D eigenvalue weighted by atomic mass is 10.1. The maximum Gasteiger partial charge on any atom is 0.342 e. The molecule has 0 radical (unpaired) electrons. The Balaban J connectivity index is 2.17. The first-order chi connectivity index (χ1) is 10.6. The van der Waals surface area contributed by atoms with Crippen molar-refractivity contribution in [3.8, 4) is 11.3 Å². The van der Waals surface area contributed by atoms with Crippen molar-refractivity contribution in [2.24, 2.45) is 0 Å². The zero-order valence-electron chi connectivity index (χ0n) is 12.0. The third kappa shape index (κ3) is 2.67. The number of halogens is 1. The summed E-state index contributed by atoms with van der Waals surface area (Å²) in [6.45, 7) is 3.56. The van der Waals surface area contributed by atoms with Gasteiger partial charge in [0.1, 0.15) is 17.4 Å². The lowest BCUT2D eigenvalue weighted by Gasteiger charge is -2.10. The molecule has 0 spiro atoms. The Labute approximate surface area is 131 Å². The Morgan fingerprint density at radius 1 is 1.32 bits per heavy atom. The minimum absolute atomic E-state index is 0.0568. The highest BCUT2D eigenvalue weighted by Gasteiger charge is 2.21. The Bertz CT molecular complexity index is 842. The standard InChI is InChI=1S/C16H13ClN2O3/c1-9(2)22-15(20)11-7-18-16(17)19-14(11)12-8-21-13-6-4-3-5-10(12)13/h3-9H,1-2H3. The van der Waals surface area contributed by atoms with Gasteiger partial charge in [0.05, 0.1) is 11.8 Å². The van der Waals surface area contributed by atoms with Crippen LogP contribution >= 0.6 is 11.6 Å². The van der Waals surface area contributed by atoms with Crippen molar-refractivity contribution in [2.45, 2.75) is 20.0 Å². The second-order valence-electron chi connectivity index (χ2n) is 5.00. The van der Waals surface area contributed by atoms with E-state index in [1.165, 1.54) is 6.20 Å². The summed E-state index contributed by atoms with van der Waals surface area (Å²) >= 11 is 5.89. The molecule has 0 N–H and O–H groups in total. The molecule has 0 atom stereocenters. The maximum atomic E-state index is 12.2. The molecule has 3 aromatic rings. The number of furan rings is 1. The molecule has 0 saturated heterocycles. The number of esters is 1. The van der Waals surface area contributed by atoms with E-state index in [9.17, 15) is 4.79 Å². The molecule has 0 unspecified atom stereocenters. The molecule has 112 valence electrons. The number of ether oxygens (including phenoxy) is 1. The van der Waals surface area contributed by atoms with Crippen LogP contribution in [-0.2, 0) is 4.74 Å². The molecule has 22 heavy (non-hydrogen) atoms. The molecule has 5 nitrogen and oxygen atoms in total. The van der Waals surface area contributed by atoms with Crippen LogP contribution in [0.5, 0.6) is 0 Å². The largest absolute Gasteiger partial charge is 0.464 e. The van der Waals surface area contributed by atoms with E-state index in [1.54, 1.807) is 20.1 Å². The van der Waals surface area contributed by atoms with Gasteiger partial charge in [0.2, 0.25) is 5.28 Å². The molecular formula is C16H13ClN2O3. The van der Waals surface area contributed by atoms with Gasteiger partial charge in [-0.1, -0.05) is 18.2 Å². The van der Waals surface area contributed by atoms with Crippen LogP contribution in [0.1, 0.15) is 24.2 Å². The van der Waals surface area contributed by atoms with Gasteiger partial charge in [-0.25, -0.2) is 14.8 Å². The molecule has 6 heteroatoms. The summed E-state index contributed by atoms with van der Waals surface area (Å²) in [6.07, 6.45) is 2.68. The van der Waals surface area contributed by atoms with Crippen molar-refractivity contribution in [1.82, 2.24) is 9.97 Å². The van der Waals surface area contributed by atoms with Crippen molar-refractivity contribution in [2.75, 3.05) is 0 Å². The number of carbonyl (C=O) groups excluding carboxylic acids is 1. The number of nitrogens with zero attached hydrogens (tertiary/aromatic N) is 2. The normalized spacial score (nSPS) is 11.1. The van der Waals surface area contributed by atoms with E-state index in [0.29, 0.717) is 16.8 Å². The number of hydrogen-bond acceptors (Lipinski definition) is 5. The van der Waals surface area contributed by atoms with Gasteiger partial charge in [0.15, 0.2) is 0 Å². The number of rotatable bonds is 3. The van der Waals surface area contributed by atoms with Crippen LogP contribution in [-0.4, -0.2) is 22.0 Å². The summed E-state index contributed by atoms with van der Waals surface area (Å²) in [6, 6.07) is 7.49. The van der Waals surface area contributed by atoms with Crippen molar-refractivity contribution >= 4 is 28.5 Å². The molecule has 0 aliphatic heterocycles. The average molecular weight is 317 g/mol. The van der Waals surface area contributed by atoms with Crippen molar-refractivity contribution in [3.63, 3.8) is 0 Å². The molecule has 2 aromatic heterocycles. The van der Waals surface area contributed by atoms with E-state index < -0.39 is 5.97 Å².